The second-order valence-electron chi connectivity index (χ2n) is 6.83. The number of aryl methyl sites for hydroxylation is 2. The molecular weight excluding hydrogens is 343 g/mol. The summed E-state index contributed by atoms with van der Waals surface area (Å²) in [6.07, 6.45) is 5.45. The van der Waals surface area contributed by atoms with Gasteiger partial charge in [-0.25, -0.2) is 9.18 Å². The van der Waals surface area contributed by atoms with Crippen molar-refractivity contribution in [1.29, 1.82) is 0 Å². The predicted octanol–water partition coefficient (Wildman–Crippen LogP) is 4.13. The number of rotatable bonds is 8. The lowest BCUT2D eigenvalue weighted by Crippen LogP contribution is -2.25. The fraction of sp³-hybridized carbons (Fsp3) is 0.318. The molecule has 4 nitrogen and oxygen atoms in total. The molecule has 0 unspecified atom stereocenters. The molecule has 0 aliphatic rings. The van der Waals surface area contributed by atoms with Crippen LogP contribution in [0.4, 0.5) is 4.39 Å². The molecule has 0 aliphatic heterocycles. The number of nitrogens with zero attached hydrogens (tertiary/aromatic N) is 2. The van der Waals surface area contributed by atoms with E-state index in [1.165, 1.54) is 17.7 Å². The van der Waals surface area contributed by atoms with Crippen LogP contribution < -0.4 is 5.69 Å². The molecule has 0 atom stereocenters. The normalized spacial score (nSPS) is 11.0. The number of phenolic OH excluding ortho intramolecular Hbond substituents is 1. The lowest BCUT2D eigenvalue weighted by atomic mass is 10.1. The van der Waals surface area contributed by atoms with E-state index in [4.69, 9.17) is 0 Å². The van der Waals surface area contributed by atoms with Crippen molar-refractivity contribution in [2.45, 2.75) is 45.7 Å². The summed E-state index contributed by atoms with van der Waals surface area (Å²) in [5.74, 6) is -0.00188. The maximum Gasteiger partial charge on any atom is 0.328 e. The molecule has 0 radical (unpaired) electrons. The molecular formula is C22H25FN2O2. The monoisotopic (exact) mass is 368 g/mol. The van der Waals surface area contributed by atoms with E-state index in [9.17, 15) is 14.3 Å². The van der Waals surface area contributed by atoms with Crippen LogP contribution in [0.5, 0.6) is 5.75 Å². The SMILES string of the molecule is CCCn1c(CCCc2ccc(O)cc2)cn(Cc2ccc(F)cc2)c1=O. The number of aromatic nitrogens is 2. The number of hydrogen-bond donors (Lipinski definition) is 1. The molecule has 2 aromatic carbocycles. The van der Waals surface area contributed by atoms with E-state index in [-0.39, 0.29) is 17.3 Å². The van der Waals surface area contributed by atoms with Gasteiger partial charge in [-0.3, -0.25) is 9.13 Å². The largest absolute Gasteiger partial charge is 0.508 e. The Labute approximate surface area is 158 Å². The summed E-state index contributed by atoms with van der Waals surface area (Å²) in [6.45, 7) is 3.20. The highest BCUT2D eigenvalue weighted by Gasteiger charge is 2.11. The minimum atomic E-state index is -0.274. The number of aromatic hydroxyl groups is 1. The fourth-order valence-corrected chi connectivity index (χ4v) is 3.28. The Hall–Kier alpha value is -2.82. The van der Waals surface area contributed by atoms with Crippen LogP contribution in [0.1, 0.15) is 36.6 Å². The third-order valence-corrected chi connectivity index (χ3v) is 4.68. The molecule has 27 heavy (non-hydrogen) atoms. The van der Waals surface area contributed by atoms with E-state index >= 15 is 0 Å². The lowest BCUT2D eigenvalue weighted by molar-refractivity contribution is 0.475. The Bertz CT molecular complexity index is 924. The number of hydrogen-bond acceptors (Lipinski definition) is 2. The summed E-state index contributed by atoms with van der Waals surface area (Å²) in [5, 5.41) is 9.36. The van der Waals surface area contributed by atoms with Gasteiger partial charge in [-0.15, -0.1) is 0 Å². The molecule has 1 heterocycles. The van der Waals surface area contributed by atoms with Crippen LogP contribution in [0.25, 0.3) is 0 Å². The van der Waals surface area contributed by atoms with Crippen molar-refractivity contribution in [2.75, 3.05) is 0 Å². The highest BCUT2D eigenvalue weighted by atomic mass is 19.1. The van der Waals surface area contributed by atoms with Crippen molar-refractivity contribution in [3.63, 3.8) is 0 Å². The van der Waals surface area contributed by atoms with Crippen LogP contribution >= 0.6 is 0 Å². The van der Waals surface area contributed by atoms with Crippen LogP contribution in [0, 0.1) is 5.82 Å². The van der Waals surface area contributed by atoms with Gasteiger partial charge in [0.2, 0.25) is 0 Å². The van der Waals surface area contributed by atoms with Gasteiger partial charge in [-0.05, 0) is 61.1 Å². The standard InChI is InChI=1S/C22H25FN2O2/c1-2-14-25-20(5-3-4-17-8-12-21(26)13-9-17)16-24(22(25)27)15-18-6-10-19(23)11-7-18/h6-13,16,26H,2-5,14-15H2,1H3. The van der Waals surface area contributed by atoms with Gasteiger partial charge in [0.15, 0.2) is 0 Å². The fourth-order valence-electron chi connectivity index (χ4n) is 3.28. The molecule has 0 spiro atoms. The van der Waals surface area contributed by atoms with Gasteiger partial charge in [-0.1, -0.05) is 31.2 Å². The second kappa shape index (κ2) is 8.71. The first-order chi connectivity index (χ1) is 13.1. The first-order valence-corrected chi connectivity index (χ1v) is 9.38. The van der Waals surface area contributed by atoms with E-state index < -0.39 is 0 Å². The van der Waals surface area contributed by atoms with Crippen molar-refractivity contribution in [1.82, 2.24) is 9.13 Å². The number of halogens is 1. The zero-order valence-electron chi connectivity index (χ0n) is 15.6. The molecule has 0 fully saturated rings. The number of benzene rings is 2. The van der Waals surface area contributed by atoms with Gasteiger partial charge >= 0.3 is 5.69 Å². The Morgan fingerprint density at radius 3 is 2.30 bits per heavy atom. The number of imidazole rings is 1. The van der Waals surface area contributed by atoms with Crippen molar-refractivity contribution >= 4 is 0 Å². The van der Waals surface area contributed by atoms with Crippen LogP contribution in [0.15, 0.2) is 59.5 Å². The quantitative estimate of drug-likeness (QED) is 0.650. The molecule has 1 N–H and O–H groups in total. The highest BCUT2D eigenvalue weighted by Crippen LogP contribution is 2.13. The topological polar surface area (TPSA) is 47.2 Å². The first kappa shape index (κ1) is 19.0. The Morgan fingerprint density at radius 1 is 0.963 bits per heavy atom. The lowest BCUT2D eigenvalue weighted by Gasteiger charge is -2.06. The van der Waals surface area contributed by atoms with Crippen LogP contribution in [0.3, 0.4) is 0 Å². The third kappa shape index (κ3) is 4.88. The van der Waals surface area contributed by atoms with Crippen LogP contribution in [-0.4, -0.2) is 14.2 Å². The zero-order chi connectivity index (χ0) is 19.2. The predicted molar refractivity (Wildman–Crippen MR) is 105 cm³/mol. The van der Waals surface area contributed by atoms with Gasteiger partial charge in [0.25, 0.3) is 0 Å². The Morgan fingerprint density at radius 2 is 1.63 bits per heavy atom. The highest BCUT2D eigenvalue weighted by molar-refractivity contribution is 5.26. The number of phenols is 1. The summed E-state index contributed by atoms with van der Waals surface area (Å²) in [7, 11) is 0. The Balaban J connectivity index is 1.72. The summed E-state index contributed by atoms with van der Waals surface area (Å²) < 4.78 is 16.6. The molecule has 0 aliphatic carbocycles. The molecule has 3 aromatic rings. The summed E-state index contributed by atoms with van der Waals surface area (Å²) in [6, 6.07) is 13.5. The maximum atomic E-state index is 13.1. The van der Waals surface area contributed by atoms with E-state index in [0.717, 1.165) is 36.9 Å². The zero-order valence-corrected chi connectivity index (χ0v) is 15.6. The molecule has 0 saturated heterocycles. The second-order valence-corrected chi connectivity index (χ2v) is 6.83. The minimum absolute atomic E-state index is 0.0131. The molecule has 142 valence electrons. The van der Waals surface area contributed by atoms with Crippen molar-refractivity contribution in [3.8, 4) is 5.75 Å². The van der Waals surface area contributed by atoms with Gasteiger partial charge in [-0.2, -0.15) is 0 Å². The van der Waals surface area contributed by atoms with Crippen molar-refractivity contribution in [2.24, 2.45) is 0 Å². The maximum absolute atomic E-state index is 13.1. The molecule has 1 aromatic heterocycles. The Kier molecular flexibility index (Phi) is 6.12. The molecule has 0 saturated carbocycles. The van der Waals surface area contributed by atoms with Gasteiger partial charge in [0, 0.05) is 18.4 Å². The summed E-state index contributed by atoms with van der Waals surface area (Å²) >= 11 is 0. The van der Waals surface area contributed by atoms with Gasteiger partial charge < -0.3 is 5.11 Å². The van der Waals surface area contributed by atoms with E-state index in [1.807, 2.05) is 22.9 Å². The third-order valence-electron chi connectivity index (χ3n) is 4.68. The minimum Gasteiger partial charge on any atom is -0.508 e. The summed E-state index contributed by atoms with van der Waals surface area (Å²) in [4.78, 5) is 12.7. The average Bonchev–Trinajstić information content (AvgIpc) is 2.95. The van der Waals surface area contributed by atoms with Crippen molar-refractivity contribution < 1.29 is 9.50 Å². The van der Waals surface area contributed by atoms with E-state index in [2.05, 4.69) is 6.92 Å². The molecule has 3 rings (SSSR count). The van der Waals surface area contributed by atoms with Crippen LogP contribution in [-0.2, 0) is 25.9 Å². The van der Waals surface area contributed by atoms with Crippen LogP contribution in [0.2, 0.25) is 0 Å². The molecule has 5 heteroatoms. The molecule has 0 bridgehead atoms. The van der Waals surface area contributed by atoms with Crippen molar-refractivity contribution in [3.05, 3.63) is 87.9 Å². The van der Waals surface area contributed by atoms with Gasteiger partial charge in [0.05, 0.1) is 6.54 Å². The first-order valence-electron chi connectivity index (χ1n) is 9.38. The smallest absolute Gasteiger partial charge is 0.328 e. The van der Waals surface area contributed by atoms with E-state index in [1.54, 1.807) is 28.8 Å². The van der Waals surface area contributed by atoms with E-state index in [0.29, 0.717) is 13.1 Å². The summed E-state index contributed by atoms with van der Waals surface area (Å²) in [5.41, 5.74) is 3.09. The molecule has 0 amide bonds. The van der Waals surface area contributed by atoms with Gasteiger partial charge in [0.1, 0.15) is 11.6 Å². The average molecular weight is 368 g/mol.